The average Bonchev–Trinajstić information content (AvgIpc) is 2.57. The molecule has 1 heterocycles. The van der Waals surface area contributed by atoms with Gasteiger partial charge in [-0.2, -0.15) is 0 Å². The standard InChI is InChI=1S/C10H20N4O/c1-9-10(5-6-11)12-13-14(9)7-3-4-8-15-2/h3-8,11H2,1-2H3. The van der Waals surface area contributed by atoms with Gasteiger partial charge in [0.25, 0.3) is 0 Å². The van der Waals surface area contributed by atoms with Gasteiger partial charge in [0.15, 0.2) is 0 Å². The van der Waals surface area contributed by atoms with Crippen molar-refractivity contribution in [3.05, 3.63) is 11.4 Å². The Labute approximate surface area is 90.6 Å². The number of hydrogen-bond acceptors (Lipinski definition) is 4. The minimum atomic E-state index is 0.628. The van der Waals surface area contributed by atoms with Gasteiger partial charge in [-0.1, -0.05) is 5.21 Å². The van der Waals surface area contributed by atoms with E-state index in [0.29, 0.717) is 6.54 Å². The Morgan fingerprint density at radius 3 is 2.87 bits per heavy atom. The Kier molecular flexibility index (Phi) is 5.28. The number of aromatic nitrogens is 3. The Morgan fingerprint density at radius 1 is 1.40 bits per heavy atom. The third-order valence-corrected chi connectivity index (χ3v) is 2.43. The van der Waals surface area contributed by atoms with Crippen LogP contribution in [0, 0.1) is 6.92 Å². The molecule has 5 heteroatoms. The summed E-state index contributed by atoms with van der Waals surface area (Å²) in [7, 11) is 1.72. The topological polar surface area (TPSA) is 66.0 Å². The van der Waals surface area contributed by atoms with Gasteiger partial charge in [-0.25, -0.2) is 4.68 Å². The van der Waals surface area contributed by atoms with E-state index in [0.717, 1.165) is 43.8 Å². The summed E-state index contributed by atoms with van der Waals surface area (Å²) in [6.07, 6.45) is 2.94. The zero-order valence-electron chi connectivity index (χ0n) is 9.57. The van der Waals surface area contributed by atoms with E-state index < -0.39 is 0 Å². The number of aryl methyl sites for hydroxylation is 1. The maximum absolute atomic E-state index is 5.48. The summed E-state index contributed by atoms with van der Waals surface area (Å²) in [5.41, 5.74) is 7.64. The van der Waals surface area contributed by atoms with Crippen LogP contribution in [0.2, 0.25) is 0 Å². The summed E-state index contributed by atoms with van der Waals surface area (Å²) < 4.78 is 6.94. The lowest BCUT2D eigenvalue weighted by Gasteiger charge is -2.03. The van der Waals surface area contributed by atoms with Crippen molar-refractivity contribution in [1.29, 1.82) is 0 Å². The highest BCUT2D eigenvalue weighted by Crippen LogP contribution is 2.05. The predicted octanol–water partition coefficient (Wildman–Crippen LogP) is 0.514. The first-order valence-electron chi connectivity index (χ1n) is 5.37. The normalized spacial score (nSPS) is 10.9. The predicted molar refractivity (Wildman–Crippen MR) is 58.6 cm³/mol. The van der Waals surface area contributed by atoms with Gasteiger partial charge >= 0.3 is 0 Å². The lowest BCUT2D eigenvalue weighted by molar-refractivity contribution is 0.190. The SMILES string of the molecule is COCCCCn1nnc(CCN)c1C. The van der Waals surface area contributed by atoms with Crippen molar-refractivity contribution in [1.82, 2.24) is 15.0 Å². The fraction of sp³-hybridized carbons (Fsp3) is 0.800. The zero-order chi connectivity index (χ0) is 11.1. The number of ether oxygens (including phenoxy) is 1. The van der Waals surface area contributed by atoms with Crippen molar-refractivity contribution in [2.24, 2.45) is 5.73 Å². The molecule has 2 N–H and O–H groups in total. The Morgan fingerprint density at radius 2 is 2.20 bits per heavy atom. The van der Waals surface area contributed by atoms with Crippen molar-refractivity contribution in [3.8, 4) is 0 Å². The zero-order valence-corrected chi connectivity index (χ0v) is 9.57. The highest BCUT2D eigenvalue weighted by atomic mass is 16.5. The van der Waals surface area contributed by atoms with Crippen molar-refractivity contribution < 1.29 is 4.74 Å². The molecular weight excluding hydrogens is 192 g/mol. The van der Waals surface area contributed by atoms with Crippen LogP contribution in [-0.4, -0.2) is 35.3 Å². The number of unbranched alkanes of at least 4 members (excludes halogenated alkanes) is 1. The summed E-state index contributed by atoms with van der Waals surface area (Å²) in [6.45, 7) is 4.39. The Balaban J connectivity index is 2.40. The van der Waals surface area contributed by atoms with Crippen LogP contribution in [0.4, 0.5) is 0 Å². The molecule has 0 bridgehead atoms. The Hall–Kier alpha value is -0.940. The summed E-state index contributed by atoms with van der Waals surface area (Å²) in [5, 5.41) is 8.21. The van der Waals surface area contributed by atoms with Crippen LogP contribution in [-0.2, 0) is 17.7 Å². The fourth-order valence-electron chi connectivity index (χ4n) is 1.48. The van der Waals surface area contributed by atoms with Crippen LogP contribution in [0.3, 0.4) is 0 Å². The molecule has 5 nitrogen and oxygen atoms in total. The van der Waals surface area contributed by atoms with Gasteiger partial charge in [0.2, 0.25) is 0 Å². The minimum Gasteiger partial charge on any atom is -0.385 e. The van der Waals surface area contributed by atoms with Crippen molar-refractivity contribution in [2.75, 3.05) is 20.3 Å². The summed E-state index contributed by atoms with van der Waals surface area (Å²) in [4.78, 5) is 0. The van der Waals surface area contributed by atoms with Crippen LogP contribution in [0.25, 0.3) is 0 Å². The molecule has 86 valence electrons. The van der Waals surface area contributed by atoms with Gasteiger partial charge in [-0.05, 0) is 26.3 Å². The van der Waals surface area contributed by atoms with Gasteiger partial charge < -0.3 is 10.5 Å². The summed E-state index contributed by atoms with van der Waals surface area (Å²) in [6, 6.07) is 0. The van der Waals surface area contributed by atoms with E-state index in [2.05, 4.69) is 10.3 Å². The molecule has 1 rings (SSSR count). The van der Waals surface area contributed by atoms with E-state index in [1.54, 1.807) is 7.11 Å². The van der Waals surface area contributed by atoms with Crippen LogP contribution < -0.4 is 5.73 Å². The van der Waals surface area contributed by atoms with Crippen molar-refractivity contribution >= 4 is 0 Å². The first-order chi connectivity index (χ1) is 7.29. The molecule has 1 aromatic rings. The highest BCUT2D eigenvalue weighted by molar-refractivity contribution is 5.07. The van der Waals surface area contributed by atoms with Crippen molar-refractivity contribution in [2.45, 2.75) is 32.7 Å². The maximum Gasteiger partial charge on any atom is 0.0868 e. The van der Waals surface area contributed by atoms with Crippen LogP contribution >= 0.6 is 0 Å². The van der Waals surface area contributed by atoms with Crippen LogP contribution in [0.5, 0.6) is 0 Å². The largest absolute Gasteiger partial charge is 0.385 e. The van der Waals surface area contributed by atoms with E-state index in [4.69, 9.17) is 10.5 Å². The molecule has 0 aliphatic heterocycles. The third-order valence-electron chi connectivity index (χ3n) is 2.43. The molecule has 0 spiro atoms. The molecule has 0 saturated heterocycles. The Bertz CT molecular complexity index is 285. The molecule has 0 atom stereocenters. The van der Waals surface area contributed by atoms with E-state index in [1.165, 1.54) is 0 Å². The lowest BCUT2D eigenvalue weighted by Crippen LogP contribution is -2.06. The molecular formula is C10H20N4O. The number of rotatable bonds is 7. The number of methoxy groups -OCH3 is 1. The molecule has 1 aromatic heterocycles. The fourth-order valence-corrected chi connectivity index (χ4v) is 1.48. The average molecular weight is 212 g/mol. The quantitative estimate of drug-likeness (QED) is 0.669. The third kappa shape index (κ3) is 3.60. The molecule has 0 saturated carbocycles. The first-order valence-corrected chi connectivity index (χ1v) is 5.37. The maximum atomic E-state index is 5.48. The molecule has 0 aliphatic rings. The molecule has 0 amide bonds. The van der Waals surface area contributed by atoms with E-state index in [-0.39, 0.29) is 0 Å². The summed E-state index contributed by atoms with van der Waals surface area (Å²) in [5.74, 6) is 0. The van der Waals surface area contributed by atoms with Gasteiger partial charge in [0, 0.05) is 26.7 Å². The van der Waals surface area contributed by atoms with Gasteiger partial charge in [0.05, 0.1) is 11.4 Å². The smallest absolute Gasteiger partial charge is 0.0868 e. The molecule has 0 unspecified atom stereocenters. The number of nitrogens with two attached hydrogens (primary N) is 1. The van der Waals surface area contributed by atoms with E-state index >= 15 is 0 Å². The number of nitrogens with zero attached hydrogens (tertiary/aromatic N) is 3. The minimum absolute atomic E-state index is 0.628. The van der Waals surface area contributed by atoms with Gasteiger partial charge in [0.1, 0.15) is 0 Å². The second-order valence-electron chi connectivity index (χ2n) is 3.58. The lowest BCUT2D eigenvalue weighted by atomic mass is 10.2. The van der Waals surface area contributed by atoms with E-state index in [1.807, 2.05) is 11.6 Å². The molecule has 0 aliphatic carbocycles. The summed E-state index contributed by atoms with van der Waals surface area (Å²) >= 11 is 0. The number of hydrogen-bond donors (Lipinski definition) is 1. The highest BCUT2D eigenvalue weighted by Gasteiger charge is 2.06. The van der Waals surface area contributed by atoms with E-state index in [9.17, 15) is 0 Å². The second-order valence-corrected chi connectivity index (χ2v) is 3.58. The molecule has 15 heavy (non-hydrogen) atoms. The molecule has 0 fully saturated rings. The molecule has 0 radical (unpaired) electrons. The monoisotopic (exact) mass is 212 g/mol. The second kappa shape index (κ2) is 6.53. The van der Waals surface area contributed by atoms with Gasteiger partial charge in [-0.3, -0.25) is 0 Å². The van der Waals surface area contributed by atoms with Crippen molar-refractivity contribution in [3.63, 3.8) is 0 Å². The van der Waals surface area contributed by atoms with Crippen LogP contribution in [0.15, 0.2) is 0 Å². The van der Waals surface area contributed by atoms with Gasteiger partial charge in [-0.15, -0.1) is 5.10 Å². The van der Waals surface area contributed by atoms with Crippen LogP contribution in [0.1, 0.15) is 24.2 Å². The molecule has 0 aromatic carbocycles. The first kappa shape index (κ1) is 12.1.